The second kappa shape index (κ2) is 6.50. The molecule has 0 bridgehead atoms. The maximum atomic E-state index is 12.7. The van der Waals surface area contributed by atoms with Crippen LogP contribution in [0.1, 0.15) is 19.3 Å². The van der Waals surface area contributed by atoms with Gasteiger partial charge in [0, 0.05) is 36.0 Å². The van der Waals surface area contributed by atoms with Crippen molar-refractivity contribution < 1.29 is 8.42 Å². The van der Waals surface area contributed by atoms with Crippen molar-refractivity contribution in [2.24, 2.45) is 17.6 Å². The maximum Gasteiger partial charge on any atom is 0.244 e. The van der Waals surface area contributed by atoms with Gasteiger partial charge in [0.05, 0.1) is 0 Å². The third-order valence-electron chi connectivity index (χ3n) is 4.44. The third kappa shape index (κ3) is 3.27. The highest BCUT2D eigenvalue weighted by Crippen LogP contribution is 2.37. The van der Waals surface area contributed by atoms with Crippen molar-refractivity contribution in [1.29, 1.82) is 0 Å². The number of hydrogen-bond acceptors (Lipinski definition) is 4. The average molecular weight is 397 g/mol. The van der Waals surface area contributed by atoms with Gasteiger partial charge >= 0.3 is 0 Å². The highest BCUT2D eigenvalue weighted by molar-refractivity contribution is 9.10. The lowest BCUT2D eigenvalue weighted by Gasteiger charge is -2.29. The van der Waals surface area contributed by atoms with Crippen molar-refractivity contribution >= 4 is 38.4 Å². The number of pyridine rings is 1. The Balaban J connectivity index is 0.00000161. The molecule has 8 heteroatoms. The number of rotatable bonds is 2. The van der Waals surface area contributed by atoms with Gasteiger partial charge in [0.2, 0.25) is 10.0 Å². The second-order valence-electron chi connectivity index (χ2n) is 5.68. The van der Waals surface area contributed by atoms with E-state index in [-0.39, 0.29) is 23.3 Å². The molecule has 0 aromatic carbocycles. The molecule has 118 valence electrons. The van der Waals surface area contributed by atoms with Gasteiger partial charge in [-0.1, -0.05) is 6.42 Å². The Kier molecular flexibility index (Phi) is 5.31. The van der Waals surface area contributed by atoms with Crippen LogP contribution in [-0.2, 0) is 10.0 Å². The molecule has 1 saturated carbocycles. The molecule has 0 amide bonds. The molecule has 21 heavy (non-hydrogen) atoms. The minimum absolute atomic E-state index is 0. The van der Waals surface area contributed by atoms with Crippen LogP contribution < -0.4 is 5.73 Å². The quantitative estimate of drug-likeness (QED) is 0.829. The Morgan fingerprint density at radius 1 is 1.29 bits per heavy atom. The first-order valence-electron chi connectivity index (χ1n) is 6.85. The summed E-state index contributed by atoms with van der Waals surface area (Å²) in [4.78, 5) is 4.20. The van der Waals surface area contributed by atoms with Crippen LogP contribution >= 0.6 is 28.3 Å². The highest BCUT2D eigenvalue weighted by Gasteiger charge is 2.43. The maximum absolute atomic E-state index is 12.7. The van der Waals surface area contributed by atoms with Crippen LogP contribution in [0.25, 0.3) is 0 Å². The van der Waals surface area contributed by atoms with Gasteiger partial charge in [-0.2, -0.15) is 4.31 Å². The van der Waals surface area contributed by atoms with Gasteiger partial charge in [0.25, 0.3) is 0 Å². The molecule has 1 aliphatic heterocycles. The van der Waals surface area contributed by atoms with Gasteiger partial charge in [0.15, 0.2) is 0 Å². The molecule has 3 rings (SSSR count). The molecule has 1 aliphatic carbocycles. The molecule has 2 heterocycles. The van der Waals surface area contributed by atoms with E-state index in [1.165, 1.54) is 6.20 Å². The standard InChI is InChI=1S/C13H18BrN3O2S.ClH/c14-10-4-11(6-16-5-10)20(18,19)17-7-9-2-1-3-13(15)12(9)8-17;/h4-6,9,12-13H,1-3,7-8,15H2;1H. The summed E-state index contributed by atoms with van der Waals surface area (Å²) in [5, 5.41) is 0. The molecule has 2 N–H and O–H groups in total. The molecule has 1 saturated heterocycles. The van der Waals surface area contributed by atoms with E-state index >= 15 is 0 Å². The summed E-state index contributed by atoms with van der Waals surface area (Å²) < 4.78 is 27.6. The number of halogens is 2. The van der Waals surface area contributed by atoms with E-state index < -0.39 is 10.0 Å². The molecule has 3 unspecified atom stereocenters. The predicted molar refractivity (Wildman–Crippen MR) is 86.8 cm³/mol. The molecule has 1 aromatic rings. The van der Waals surface area contributed by atoms with E-state index in [1.807, 2.05) is 0 Å². The first kappa shape index (κ1) is 17.1. The van der Waals surface area contributed by atoms with Crippen molar-refractivity contribution in [3.05, 3.63) is 22.9 Å². The van der Waals surface area contributed by atoms with E-state index in [2.05, 4.69) is 20.9 Å². The normalized spacial score (nSPS) is 29.7. The van der Waals surface area contributed by atoms with Gasteiger partial charge in [-0.15, -0.1) is 12.4 Å². The van der Waals surface area contributed by atoms with E-state index in [9.17, 15) is 8.42 Å². The smallest absolute Gasteiger partial charge is 0.244 e. The Labute approximate surface area is 139 Å². The minimum atomic E-state index is -3.46. The van der Waals surface area contributed by atoms with E-state index in [1.54, 1.807) is 16.6 Å². The summed E-state index contributed by atoms with van der Waals surface area (Å²) in [7, 11) is -3.46. The number of hydrogen-bond donors (Lipinski definition) is 1. The molecule has 0 spiro atoms. The van der Waals surface area contributed by atoms with Crippen LogP contribution in [-0.4, -0.2) is 36.8 Å². The molecular weight excluding hydrogens is 378 g/mol. The number of aromatic nitrogens is 1. The fourth-order valence-corrected chi connectivity index (χ4v) is 5.40. The first-order valence-corrected chi connectivity index (χ1v) is 9.08. The summed E-state index contributed by atoms with van der Waals surface area (Å²) in [5.41, 5.74) is 6.15. The summed E-state index contributed by atoms with van der Waals surface area (Å²) in [5.74, 6) is 0.715. The van der Waals surface area contributed by atoms with E-state index in [0.29, 0.717) is 29.4 Å². The lowest BCUT2D eigenvalue weighted by Crippen LogP contribution is -2.38. The largest absolute Gasteiger partial charge is 0.327 e. The zero-order valence-electron chi connectivity index (χ0n) is 11.5. The van der Waals surface area contributed by atoms with Gasteiger partial charge in [-0.25, -0.2) is 8.42 Å². The summed E-state index contributed by atoms with van der Waals surface area (Å²) in [6, 6.07) is 1.74. The first-order chi connectivity index (χ1) is 9.48. The fourth-order valence-electron chi connectivity index (χ4n) is 3.35. The third-order valence-corrected chi connectivity index (χ3v) is 6.67. The van der Waals surface area contributed by atoms with Crippen LogP contribution in [0, 0.1) is 11.8 Å². The van der Waals surface area contributed by atoms with Gasteiger partial charge < -0.3 is 5.73 Å². The predicted octanol–water partition coefficient (Wildman–Crippen LogP) is 2.01. The lowest BCUT2D eigenvalue weighted by molar-refractivity contribution is 0.260. The second-order valence-corrected chi connectivity index (χ2v) is 8.53. The van der Waals surface area contributed by atoms with Gasteiger partial charge in [-0.05, 0) is 46.7 Å². The molecule has 1 aromatic heterocycles. The molecule has 3 atom stereocenters. The zero-order chi connectivity index (χ0) is 14.3. The highest BCUT2D eigenvalue weighted by atomic mass is 79.9. The number of nitrogens with two attached hydrogens (primary N) is 1. The molecule has 0 radical (unpaired) electrons. The monoisotopic (exact) mass is 395 g/mol. The SMILES string of the molecule is Cl.NC1CCCC2CN(S(=O)(=O)c3cncc(Br)c3)CC12. The number of fused-ring (bicyclic) bond motifs is 1. The van der Waals surface area contributed by atoms with E-state index in [4.69, 9.17) is 5.73 Å². The Hall–Kier alpha value is -0.210. The summed E-state index contributed by atoms with van der Waals surface area (Å²) in [6.07, 6.45) is 6.18. The van der Waals surface area contributed by atoms with Crippen molar-refractivity contribution in [2.75, 3.05) is 13.1 Å². The van der Waals surface area contributed by atoms with Crippen molar-refractivity contribution in [3.8, 4) is 0 Å². The minimum Gasteiger partial charge on any atom is -0.327 e. The van der Waals surface area contributed by atoms with Crippen molar-refractivity contribution in [3.63, 3.8) is 0 Å². The van der Waals surface area contributed by atoms with Crippen LogP contribution in [0.2, 0.25) is 0 Å². The average Bonchev–Trinajstić information content (AvgIpc) is 2.85. The topological polar surface area (TPSA) is 76.3 Å². The van der Waals surface area contributed by atoms with Crippen molar-refractivity contribution in [2.45, 2.75) is 30.2 Å². The Bertz CT molecular complexity index is 613. The van der Waals surface area contributed by atoms with Crippen molar-refractivity contribution in [1.82, 2.24) is 9.29 Å². The Morgan fingerprint density at radius 2 is 2.05 bits per heavy atom. The number of sulfonamides is 1. The van der Waals surface area contributed by atoms with E-state index in [0.717, 1.165) is 19.3 Å². The van der Waals surface area contributed by atoms with Crippen LogP contribution in [0.15, 0.2) is 27.8 Å². The molecule has 2 fully saturated rings. The molecule has 5 nitrogen and oxygen atoms in total. The van der Waals surface area contributed by atoms with Gasteiger partial charge in [0.1, 0.15) is 4.90 Å². The lowest BCUT2D eigenvalue weighted by atomic mass is 9.78. The molecule has 2 aliphatic rings. The van der Waals surface area contributed by atoms with Crippen LogP contribution in [0.3, 0.4) is 0 Å². The van der Waals surface area contributed by atoms with Gasteiger partial charge in [-0.3, -0.25) is 4.98 Å². The van der Waals surface area contributed by atoms with Crippen LogP contribution in [0.5, 0.6) is 0 Å². The molecular formula is C13H19BrClN3O2S. The number of nitrogens with zero attached hydrogens (tertiary/aromatic N) is 2. The van der Waals surface area contributed by atoms with Crippen LogP contribution in [0.4, 0.5) is 0 Å². The fraction of sp³-hybridized carbons (Fsp3) is 0.615. The summed E-state index contributed by atoms with van der Waals surface area (Å²) >= 11 is 3.27. The zero-order valence-corrected chi connectivity index (χ0v) is 14.7. The Morgan fingerprint density at radius 3 is 2.71 bits per heavy atom. The summed E-state index contributed by atoms with van der Waals surface area (Å²) in [6.45, 7) is 1.13.